The highest BCUT2D eigenvalue weighted by Gasteiger charge is 2.32. The van der Waals surface area contributed by atoms with Gasteiger partial charge < -0.3 is 15.1 Å². The first-order valence-electron chi connectivity index (χ1n) is 6.62. The van der Waals surface area contributed by atoms with Crippen molar-refractivity contribution in [3.8, 4) is 0 Å². The lowest BCUT2D eigenvalue weighted by atomic mass is 9.90. The van der Waals surface area contributed by atoms with Gasteiger partial charge in [0.05, 0.1) is 5.56 Å². The zero-order valence-corrected chi connectivity index (χ0v) is 12.6. The van der Waals surface area contributed by atoms with Crippen LogP contribution in [0.25, 0.3) is 0 Å². The van der Waals surface area contributed by atoms with E-state index < -0.39 is 0 Å². The molecule has 2 atom stereocenters. The summed E-state index contributed by atoms with van der Waals surface area (Å²) in [6.07, 6.45) is 2.20. The largest absolute Gasteiger partial charge is 0.466 e. The molecule has 0 aliphatic carbocycles. The van der Waals surface area contributed by atoms with Gasteiger partial charge in [-0.05, 0) is 38.7 Å². The second-order valence-electron chi connectivity index (χ2n) is 5.25. The van der Waals surface area contributed by atoms with Crippen LogP contribution in [0.4, 0.5) is 0 Å². The predicted octanol–water partition coefficient (Wildman–Crippen LogP) is 2.52. The van der Waals surface area contributed by atoms with Gasteiger partial charge in [-0.2, -0.15) is 0 Å². The van der Waals surface area contributed by atoms with E-state index >= 15 is 0 Å². The molecule has 0 bridgehead atoms. The molecule has 2 unspecified atom stereocenters. The maximum absolute atomic E-state index is 12.6. The van der Waals surface area contributed by atoms with E-state index in [9.17, 15) is 4.79 Å². The molecule has 1 amide bonds. The SMILES string of the molecule is Cc1cc(C(=O)N2CCCC(C)C2CN)c(C)o1.Cl. The summed E-state index contributed by atoms with van der Waals surface area (Å²) in [5, 5.41) is 0. The monoisotopic (exact) mass is 286 g/mol. The van der Waals surface area contributed by atoms with Crippen molar-refractivity contribution in [2.45, 2.75) is 39.7 Å². The molecule has 1 aliphatic rings. The van der Waals surface area contributed by atoms with Gasteiger partial charge in [0.25, 0.3) is 5.91 Å². The minimum atomic E-state index is 0. The molecule has 2 N–H and O–H groups in total. The van der Waals surface area contributed by atoms with Crippen LogP contribution < -0.4 is 5.73 Å². The van der Waals surface area contributed by atoms with Crippen molar-refractivity contribution in [2.24, 2.45) is 11.7 Å². The van der Waals surface area contributed by atoms with Crippen LogP contribution in [0.2, 0.25) is 0 Å². The molecule has 108 valence electrons. The molecule has 0 saturated carbocycles. The van der Waals surface area contributed by atoms with Crippen LogP contribution in [0.3, 0.4) is 0 Å². The number of aryl methyl sites for hydroxylation is 2. The van der Waals surface area contributed by atoms with E-state index in [1.165, 1.54) is 0 Å². The first kappa shape index (κ1) is 16.1. The normalized spacial score (nSPS) is 23.1. The lowest BCUT2D eigenvalue weighted by Crippen LogP contribution is -2.51. The maximum atomic E-state index is 12.6. The van der Waals surface area contributed by atoms with E-state index in [-0.39, 0.29) is 24.4 Å². The van der Waals surface area contributed by atoms with Gasteiger partial charge in [0.1, 0.15) is 11.5 Å². The van der Waals surface area contributed by atoms with Gasteiger partial charge in [-0.25, -0.2) is 0 Å². The molecule has 4 nitrogen and oxygen atoms in total. The molecule has 1 aromatic heterocycles. The molecule has 0 radical (unpaired) electrons. The molecule has 0 aromatic carbocycles. The van der Waals surface area contributed by atoms with E-state index in [2.05, 4.69) is 6.92 Å². The minimum absolute atomic E-state index is 0. The summed E-state index contributed by atoms with van der Waals surface area (Å²) in [7, 11) is 0. The Morgan fingerprint density at radius 3 is 2.74 bits per heavy atom. The Labute approximate surface area is 120 Å². The van der Waals surface area contributed by atoms with Crippen molar-refractivity contribution in [2.75, 3.05) is 13.1 Å². The molecule has 1 fully saturated rings. The Hall–Kier alpha value is -1.000. The summed E-state index contributed by atoms with van der Waals surface area (Å²) in [5.74, 6) is 2.02. The van der Waals surface area contributed by atoms with Crippen molar-refractivity contribution in [3.63, 3.8) is 0 Å². The highest BCUT2D eigenvalue weighted by Crippen LogP contribution is 2.26. The van der Waals surface area contributed by atoms with Gasteiger partial charge >= 0.3 is 0 Å². The summed E-state index contributed by atoms with van der Waals surface area (Å²) in [6.45, 7) is 7.20. The third-order valence-electron chi connectivity index (χ3n) is 3.89. The van der Waals surface area contributed by atoms with Crippen LogP contribution in [0.5, 0.6) is 0 Å². The van der Waals surface area contributed by atoms with E-state index in [1.807, 2.05) is 24.8 Å². The number of carbonyl (C=O) groups excluding carboxylic acids is 1. The molecule has 0 spiro atoms. The molecule has 5 heteroatoms. The fraction of sp³-hybridized carbons (Fsp3) is 0.643. The van der Waals surface area contributed by atoms with Gasteiger partial charge in [0.2, 0.25) is 0 Å². The number of amides is 1. The van der Waals surface area contributed by atoms with Crippen LogP contribution in [0, 0.1) is 19.8 Å². The zero-order valence-electron chi connectivity index (χ0n) is 11.8. The molecule has 19 heavy (non-hydrogen) atoms. The molecular weight excluding hydrogens is 264 g/mol. The summed E-state index contributed by atoms with van der Waals surface area (Å²) in [5.41, 5.74) is 6.51. The summed E-state index contributed by atoms with van der Waals surface area (Å²) < 4.78 is 5.44. The van der Waals surface area contributed by atoms with Crippen LogP contribution in [-0.2, 0) is 0 Å². The Morgan fingerprint density at radius 2 is 2.21 bits per heavy atom. The van der Waals surface area contributed by atoms with Crippen molar-refractivity contribution in [1.29, 1.82) is 0 Å². The van der Waals surface area contributed by atoms with Crippen molar-refractivity contribution < 1.29 is 9.21 Å². The Balaban J connectivity index is 0.00000180. The third-order valence-corrected chi connectivity index (χ3v) is 3.89. The topological polar surface area (TPSA) is 59.5 Å². The Kier molecular flexibility index (Phi) is 5.44. The number of hydrogen-bond donors (Lipinski definition) is 1. The number of piperidine rings is 1. The van der Waals surface area contributed by atoms with Crippen LogP contribution in [0.15, 0.2) is 10.5 Å². The second kappa shape index (κ2) is 6.44. The molecule has 1 aliphatic heterocycles. The minimum Gasteiger partial charge on any atom is -0.466 e. The number of carbonyl (C=O) groups is 1. The lowest BCUT2D eigenvalue weighted by Gasteiger charge is -2.39. The fourth-order valence-electron chi connectivity index (χ4n) is 2.86. The van der Waals surface area contributed by atoms with E-state index in [0.717, 1.165) is 25.1 Å². The molecular formula is C14H23ClN2O2. The number of rotatable bonds is 2. The Morgan fingerprint density at radius 1 is 1.53 bits per heavy atom. The first-order valence-corrected chi connectivity index (χ1v) is 6.62. The fourth-order valence-corrected chi connectivity index (χ4v) is 2.86. The average molecular weight is 287 g/mol. The summed E-state index contributed by atoms with van der Waals surface area (Å²) in [6, 6.07) is 1.98. The lowest BCUT2D eigenvalue weighted by molar-refractivity contribution is 0.0531. The third kappa shape index (κ3) is 3.12. The van der Waals surface area contributed by atoms with Crippen molar-refractivity contribution in [1.82, 2.24) is 4.90 Å². The highest BCUT2D eigenvalue weighted by atomic mass is 35.5. The van der Waals surface area contributed by atoms with E-state index in [4.69, 9.17) is 10.2 Å². The number of halogens is 1. The summed E-state index contributed by atoms with van der Waals surface area (Å²) in [4.78, 5) is 14.5. The van der Waals surface area contributed by atoms with Crippen LogP contribution in [0.1, 0.15) is 41.6 Å². The molecule has 2 heterocycles. The van der Waals surface area contributed by atoms with Crippen molar-refractivity contribution >= 4 is 18.3 Å². The van der Waals surface area contributed by atoms with Gasteiger partial charge in [-0.1, -0.05) is 6.92 Å². The van der Waals surface area contributed by atoms with Gasteiger partial charge in [0, 0.05) is 19.1 Å². The predicted molar refractivity (Wildman–Crippen MR) is 77.7 cm³/mol. The summed E-state index contributed by atoms with van der Waals surface area (Å²) >= 11 is 0. The number of nitrogens with zero attached hydrogens (tertiary/aromatic N) is 1. The second-order valence-corrected chi connectivity index (χ2v) is 5.25. The van der Waals surface area contributed by atoms with Crippen LogP contribution in [-0.4, -0.2) is 29.9 Å². The zero-order chi connectivity index (χ0) is 13.3. The van der Waals surface area contributed by atoms with Gasteiger partial charge in [0.15, 0.2) is 0 Å². The number of hydrogen-bond acceptors (Lipinski definition) is 3. The smallest absolute Gasteiger partial charge is 0.257 e. The highest BCUT2D eigenvalue weighted by molar-refractivity contribution is 5.95. The Bertz CT molecular complexity index is 445. The number of likely N-dealkylation sites (tertiary alicyclic amines) is 1. The average Bonchev–Trinajstić information content (AvgIpc) is 2.67. The molecule has 1 saturated heterocycles. The van der Waals surface area contributed by atoms with Crippen molar-refractivity contribution in [3.05, 3.63) is 23.2 Å². The van der Waals surface area contributed by atoms with E-state index in [0.29, 0.717) is 23.8 Å². The first-order chi connectivity index (χ1) is 8.54. The number of nitrogens with two attached hydrogens (primary N) is 1. The quantitative estimate of drug-likeness (QED) is 0.909. The standard InChI is InChI=1S/C14H22N2O2.ClH/c1-9-5-4-6-16(13(9)8-15)14(17)12-7-10(2)18-11(12)3;/h7,9,13H,4-6,8,15H2,1-3H3;1H. The van der Waals surface area contributed by atoms with Gasteiger partial charge in [-0.15, -0.1) is 12.4 Å². The van der Waals surface area contributed by atoms with Crippen LogP contribution >= 0.6 is 12.4 Å². The number of furan rings is 1. The van der Waals surface area contributed by atoms with E-state index in [1.54, 1.807) is 0 Å². The maximum Gasteiger partial charge on any atom is 0.257 e. The molecule has 2 rings (SSSR count). The molecule has 1 aromatic rings. The van der Waals surface area contributed by atoms with Gasteiger partial charge in [-0.3, -0.25) is 4.79 Å².